The number of hydrogen-bond acceptors (Lipinski definition) is 7. The maximum atomic E-state index is 12.5. The molecule has 0 aliphatic rings. The minimum atomic E-state index is -4.77. The van der Waals surface area contributed by atoms with E-state index in [0.29, 0.717) is 29.3 Å². The highest BCUT2D eigenvalue weighted by Crippen LogP contribution is 2.18. The third-order valence-corrected chi connectivity index (χ3v) is 5.06. The van der Waals surface area contributed by atoms with Crippen molar-refractivity contribution in [3.05, 3.63) is 66.2 Å². The van der Waals surface area contributed by atoms with Gasteiger partial charge >= 0.3 is 5.76 Å². The molecule has 0 aliphatic heterocycles. The minimum Gasteiger partial charge on any atom is -0.477 e. The van der Waals surface area contributed by atoms with Gasteiger partial charge in [-0.25, -0.2) is 13.4 Å². The highest BCUT2D eigenvalue weighted by atomic mass is 32.2. The van der Waals surface area contributed by atoms with Crippen LogP contribution >= 0.6 is 0 Å². The van der Waals surface area contributed by atoms with Crippen LogP contribution in [-0.2, 0) is 16.6 Å². The van der Waals surface area contributed by atoms with Crippen molar-refractivity contribution in [3.63, 3.8) is 0 Å². The molecule has 0 atom stereocenters. The summed E-state index contributed by atoms with van der Waals surface area (Å²) in [5.41, 5.74) is 1.81. The first kappa shape index (κ1) is 23.0. The van der Waals surface area contributed by atoms with Crippen LogP contribution < -0.4 is 14.8 Å². The fraction of sp³-hybridized carbons (Fsp3) is 0.200. The second-order valence-corrected chi connectivity index (χ2v) is 8.05. The van der Waals surface area contributed by atoms with Crippen molar-refractivity contribution >= 4 is 21.6 Å². The number of nitrogens with zero attached hydrogens (tertiary/aromatic N) is 3. The first-order valence-electron chi connectivity index (χ1n) is 9.36. The third-order valence-electron chi connectivity index (χ3n) is 4.07. The molecule has 0 radical (unpaired) electrons. The number of anilines is 1. The lowest BCUT2D eigenvalue weighted by Gasteiger charge is -2.10. The molecule has 2 aromatic heterocycles. The second kappa shape index (κ2) is 10.1. The molecule has 9 nitrogen and oxygen atoms in total. The quantitative estimate of drug-likeness (QED) is 0.500. The normalized spacial score (nSPS) is 11.2. The van der Waals surface area contributed by atoms with E-state index in [1.165, 1.54) is 36.7 Å². The van der Waals surface area contributed by atoms with E-state index in [1.807, 2.05) is 6.92 Å². The molecule has 2 N–H and O–H groups in total. The van der Waals surface area contributed by atoms with Crippen molar-refractivity contribution in [1.29, 1.82) is 0 Å². The highest BCUT2D eigenvalue weighted by Gasteiger charge is 2.23. The molecule has 1 aromatic carbocycles. The van der Waals surface area contributed by atoms with Crippen molar-refractivity contribution in [3.8, 4) is 17.1 Å². The number of rotatable bonds is 9. The molecule has 12 heteroatoms. The second-order valence-electron chi connectivity index (χ2n) is 6.40. The van der Waals surface area contributed by atoms with Crippen LogP contribution in [0.1, 0.15) is 23.0 Å². The predicted octanol–water partition coefficient (Wildman–Crippen LogP) is 2.83. The highest BCUT2D eigenvalue weighted by molar-refractivity contribution is 7.93. The molecule has 1 amide bonds. The van der Waals surface area contributed by atoms with Crippen molar-refractivity contribution in [2.45, 2.75) is 19.2 Å². The number of pyridine rings is 1. The summed E-state index contributed by atoms with van der Waals surface area (Å²) in [5.74, 6) is -3.64. The Morgan fingerprint density at radius 1 is 1.16 bits per heavy atom. The van der Waals surface area contributed by atoms with E-state index in [2.05, 4.69) is 20.3 Å². The number of halogens is 2. The molecule has 0 unspecified atom stereocenters. The maximum Gasteiger partial charge on any atom is 0.355 e. The Labute approximate surface area is 182 Å². The number of ether oxygens (including phenoxy) is 1. The van der Waals surface area contributed by atoms with E-state index in [4.69, 9.17) is 4.74 Å². The Morgan fingerprint density at radius 3 is 2.66 bits per heavy atom. The fourth-order valence-corrected chi connectivity index (χ4v) is 3.16. The van der Waals surface area contributed by atoms with Crippen LogP contribution in [-0.4, -0.2) is 41.6 Å². The van der Waals surface area contributed by atoms with Crippen molar-refractivity contribution in [1.82, 2.24) is 20.3 Å². The Morgan fingerprint density at radius 2 is 1.97 bits per heavy atom. The summed E-state index contributed by atoms with van der Waals surface area (Å²) in [4.78, 5) is 24.9. The lowest BCUT2D eigenvalue weighted by Crippen LogP contribution is -2.24. The van der Waals surface area contributed by atoms with Gasteiger partial charge in [-0.05, 0) is 36.8 Å². The van der Waals surface area contributed by atoms with Gasteiger partial charge in [0, 0.05) is 24.0 Å². The summed E-state index contributed by atoms with van der Waals surface area (Å²) in [6.45, 7) is 2.33. The Balaban J connectivity index is 1.63. The first-order valence-corrected chi connectivity index (χ1v) is 10.9. The summed E-state index contributed by atoms with van der Waals surface area (Å²) in [5, 5.41) is 2.64. The molecule has 0 bridgehead atoms. The van der Waals surface area contributed by atoms with Gasteiger partial charge in [0.15, 0.2) is 0 Å². The molecule has 2 heterocycles. The number of amides is 1. The summed E-state index contributed by atoms with van der Waals surface area (Å²) in [6.07, 6.45) is 4.53. The summed E-state index contributed by atoms with van der Waals surface area (Å²) < 4.78 is 54.7. The molecule has 0 fully saturated rings. The largest absolute Gasteiger partial charge is 0.477 e. The van der Waals surface area contributed by atoms with Gasteiger partial charge < -0.3 is 10.1 Å². The fourth-order valence-electron chi connectivity index (χ4n) is 2.61. The number of carbonyl (C=O) groups is 1. The molecule has 0 spiro atoms. The number of benzene rings is 1. The monoisotopic (exact) mass is 463 g/mol. The van der Waals surface area contributed by atoms with Crippen LogP contribution in [0.25, 0.3) is 11.3 Å². The van der Waals surface area contributed by atoms with Crippen molar-refractivity contribution < 1.29 is 26.7 Å². The molecular formula is C20H19F2N5O4S. The summed E-state index contributed by atoms with van der Waals surface area (Å²) >= 11 is 0. The minimum absolute atomic E-state index is 0.0325. The number of nitrogens with one attached hydrogen (secondary N) is 2. The zero-order valence-electron chi connectivity index (χ0n) is 16.8. The Kier molecular flexibility index (Phi) is 7.25. The van der Waals surface area contributed by atoms with Gasteiger partial charge in [0.1, 0.15) is 5.69 Å². The van der Waals surface area contributed by atoms with E-state index >= 15 is 0 Å². The molecule has 0 aliphatic carbocycles. The van der Waals surface area contributed by atoms with Gasteiger partial charge in [-0.15, -0.1) is 0 Å². The number of sulfonamides is 1. The zero-order chi connectivity index (χ0) is 23.1. The van der Waals surface area contributed by atoms with Gasteiger partial charge in [-0.3, -0.25) is 19.5 Å². The van der Waals surface area contributed by atoms with Gasteiger partial charge in [0.2, 0.25) is 5.88 Å². The topological polar surface area (TPSA) is 123 Å². The Hall–Kier alpha value is -3.67. The average molecular weight is 463 g/mol. The van der Waals surface area contributed by atoms with Crippen LogP contribution in [0.4, 0.5) is 14.5 Å². The molecule has 3 aromatic rings. The van der Waals surface area contributed by atoms with Crippen LogP contribution in [0.5, 0.6) is 5.88 Å². The van der Waals surface area contributed by atoms with E-state index in [1.54, 1.807) is 23.1 Å². The number of alkyl halides is 2. The van der Waals surface area contributed by atoms with Gasteiger partial charge in [0.05, 0.1) is 24.7 Å². The predicted molar refractivity (Wildman–Crippen MR) is 113 cm³/mol. The lowest BCUT2D eigenvalue weighted by molar-refractivity contribution is 0.0946. The smallest absolute Gasteiger partial charge is 0.355 e. The zero-order valence-corrected chi connectivity index (χ0v) is 17.6. The van der Waals surface area contributed by atoms with Crippen LogP contribution in [0.15, 0.2) is 55.0 Å². The average Bonchev–Trinajstić information content (AvgIpc) is 2.78. The number of carbonyl (C=O) groups excluding carboxylic acids is 1. The summed E-state index contributed by atoms with van der Waals surface area (Å²) in [6, 6.07) is 8.96. The van der Waals surface area contributed by atoms with E-state index in [-0.39, 0.29) is 17.9 Å². The van der Waals surface area contributed by atoms with E-state index in [9.17, 15) is 22.0 Å². The van der Waals surface area contributed by atoms with Crippen LogP contribution in [0.2, 0.25) is 0 Å². The van der Waals surface area contributed by atoms with Gasteiger partial charge in [-0.2, -0.15) is 8.78 Å². The SMILES string of the molecule is CCOc1cncc(-c2ccc(C(=O)NCc3cccc(NS(=O)(=O)C(F)F)c3)nc2)n1. The van der Waals surface area contributed by atoms with Gasteiger partial charge in [0.25, 0.3) is 15.9 Å². The molecular weight excluding hydrogens is 444 g/mol. The first-order chi connectivity index (χ1) is 15.3. The molecule has 168 valence electrons. The molecule has 32 heavy (non-hydrogen) atoms. The molecule has 0 saturated heterocycles. The number of aromatic nitrogens is 3. The molecule has 3 rings (SSSR count). The van der Waals surface area contributed by atoms with E-state index < -0.39 is 21.7 Å². The van der Waals surface area contributed by atoms with Gasteiger partial charge in [-0.1, -0.05) is 12.1 Å². The molecule has 0 saturated carbocycles. The Bertz CT molecular complexity index is 1190. The van der Waals surface area contributed by atoms with E-state index in [0.717, 1.165) is 0 Å². The number of hydrogen-bond donors (Lipinski definition) is 2. The summed E-state index contributed by atoms with van der Waals surface area (Å²) in [7, 11) is -4.77. The standard InChI is InChI=1S/C20H19F2N5O4S/c1-2-31-18-12-23-11-17(26-18)14-6-7-16(24-10-14)19(28)25-9-13-4-3-5-15(8-13)27-32(29,30)20(21)22/h3-8,10-12,20,27H,2,9H2,1H3,(H,25,28). The van der Waals surface area contributed by atoms with Crippen LogP contribution in [0, 0.1) is 0 Å². The third kappa shape index (κ3) is 5.94. The van der Waals surface area contributed by atoms with Crippen LogP contribution in [0.3, 0.4) is 0 Å². The van der Waals surface area contributed by atoms with Crippen molar-refractivity contribution in [2.24, 2.45) is 0 Å². The van der Waals surface area contributed by atoms with Crippen molar-refractivity contribution in [2.75, 3.05) is 11.3 Å². The lowest BCUT2D eigenvalue weighted by atomic mass is 10.2. The maximum absolute atomic E-state index is 12.5.